The molecule has 1 heterocycles. The molecule has 0 radical (unpaired) electrons. The van der Waals surface area contributed by atoms with Crippen molar-refractivity contribution in [3.05, 3.63) is 23.8 Å². The molecular weight excluding hydrogens is 322 g/mol. The summed E-state index contributed by atoms with van der Waals surface area (Å²) in [6.07, 6.45) is 6.22. The van der Waals surface area contributed by atoms with Crippen LogP contribution in [-0.4, -0.2) is 40.6 Å². The van der Waals surface area contributed by atoms with Gasteiger partial charge in [0.1, 0.15) is 4.90 Å². The first kappa shape index (κ1) is 17.7. The van der Waals surface area contributed by atoms with Crippen molar-refractivity contribution in [1.82, 2.24) is 10.0 Å². The summed E-state index contributed by atoms with van der Waals surface area (Å²) in [5, 5.41) is 3.32. The number of nitrogens with zero attached hydrogens (tertiary/aromatic N) is 1. The van der Waals surface area contributed by atoms with E-state index in [0.29, 0.717) is 10.9 Å². The summed E-state index contributed by atoms with van der Waals surface area (Å²) < 4.78 is 28.9. The minimum atomic E-state index is -3.47. The summed E-state index contributed by atoms with van der Waals surface area (Å²) in [7, 11) is -1.48. The van der Waals surface area contributed by atoms with Gasteiger partial charge in [0.05, 0.1) is 5.69 Å². The van der Waals surface area contributed by atoms with Gasteiger partial charge in [-0.15, -0.1) is 0 Å². The normalized spacial score (nSPS) is 20.7. The summed E-state index contributed by atoms with van der Waals surface area (Å²) in [6.45, 7) is 3.73. The van der Waals surface area contributed by atoms with E-state index in [-0.39, 0.29) is 6.04 Å². The molecule has 0 aromatic heterocycles. The molecule has 2 fully saturated rings. The Balaban J connectivity index is 1.85. The largest absolute Gasteiger partial charge is 0.370 e. The molecule has 1 aromatic rings. The maximum Gasteiger partial charge on any atom is 0.242 e. The summed E-state index contributed by atoms with van der Waals surface area (Å²) in [4.78, 5) is 2.66. The molecule has 0 atom stereocenters. The van der Waals surface area contributed by atoms with E-state index in [0.717, 1.165) is 62.9 Å². The number of benzene rings is 1. The quantitative estimate of drug-likeness (QED) is 0.855. The summed E-state index contributed by atoms with van der Waals surface area (Å²) in [5.41, 5.74) is 1.83. The number of hydrogen-bond acceptors (Lipinski definition) is 4. The smallest absolute Gasteiger partial charge is 0.242 e. The fraction of sp³-hybridized carbons (Fsp3) is 0.667. The highest BCUT2D eigenvalue weighted by Gasteiger charge is 2.28. The molecule has 2 N–H and O–H groups in total. The molecule has 5 nitrogen and oxygen atoms in total. The van der Waals surface area contributed by atoms with Gasteiger partial charge in [0.2, 0.25) is 10.0 Å². The molecule has 1 saturated carbocycles. The molecule has 134 valence electrons. The Morgan fingerprint density at radius 1 is 1.04 bits per heavy atom. The summed E-state index contributed by atoms with van der Waals surface area (Å²) >= 11 is 0. The summed E-state index contributed by atoms with van der Waals surface area (Å²) in [6, 6.07) is 6.42. The Morgan fingerprint density at radius 3 is 2.33 bits per heavy atom. The van der Waals surface area contributed by atoms with Crippen molar-refractivity contribution in [2.75, 3.05) is 25.0 Å². The number of sulfonamides is 1. The second kappa shape index (κ2) is 7.42. The fourth-order valence-electron chi connectivity index (χ4n) is 3.83. The fourth-order valence-corrected chi connectivity index (χ4v) is 5.45. The van der Waals surface area contributed by atoms with Crippen LogP contribution in [-0.2, 0) is 10.0 Å². The lowest BCUT2D eigenvalue weighted by atomic mass is 10.0. The van der Waals surface area contributed by atoms with E-state index < -0.39 is 10.0 Å². The zero-order chi connectivity index (χ0) is 17.2. The highest BCUT2D eigenvalue weighted by Crippen LogP contribution is 2.30. The molecule has 24 heavy (non-hydrogen) atoms. The highest BCUT2D eigenvalue weighted by atomic mass is 32.2. The van der Waals surface area contributed by atoms with Crippen LogP contribution >= 0.6 is 0 Å². The first-order chi connectivity index (χ1) is 11.5. The minimum Gasteiger partial charge on any atom is -0.370 e. The van der Waals surface area contributed by atoms with Gasteiger partial charge in [-0.05, 0) is 57.4 Å². The van der Waals surface area contributed by atoms with Crippen LogP contribution < -0.4 is 14.9 Å². The third-order valence-corrected chi connectivity index (χ3v) is 6.88. The number of rotatable bonds is 5. The van der Waals surface area contributed by atoms with E-state index in [4.69, 9.17) is 0 Å². The predicted octanol–water partition coefficient (Wildman–Crippen LogP) is 2.40. The zero-order valence-corrected chi connectivity index (χ0v) is 15.5. The third kappa shape index (κ3) is 3.92. The molecule has 1 aliphatic carbocycles. The lowest BCUT2D eigenvalue weighted by Crippen LogP contribution is -2.42. The van der Waals surface area contributed by atoms with Crippen LogP contribution in [0.5, 0.6) is 0 Å². The van der Waals surface area contributed by atoms with Gasteiger partial charge in [-0.2, -0.15) is 0 Å². The van der Waals surface area contributed by atoms with E-state index in [1.54, 1.807) is 0 Å². The van der Waals surface area contributed by atoms with E-state index >= 15 is 0 Å². The lowest BCUT2D eigenvalue weighted by molar-refractivity contribution is 0.441. The van der Waals surface area contributed by atoms with E-state index in [9.17, 15) is 8.42 Å². The van der Waals surface area contributed by atoms with Gasteiger partial charge >= 0.3 is 0 Å². The second-order valence-electron chi connectivity index (χ2n) is 7.12. The van der Waals surface area contributed by atoms with E-state index in [1.165, 1.54) is 0 Å². The van der Waals surface area contributed by atoms with Gasteiger partial charge < -0.3 is 10.2 Å². The van der Waals surface area contributed by atoms with Crippen molar-refractivity contribution in [3.63, 3.8) is 0 Å². The van der Waals surface area contributed by atoms with Gasteiger partial charge in [-0.3, -0.25) is 0 Å². The maximum absolute atomic E-state index is 13.0. The van der Waals surface area contributed by atoms with Gasteiger partial charge in [0.15, 0.2) is 0 Å². The number of hydrogen-bond donors (Lipinski definition) is 2. The predicted molar refractivity (Wildman–Crippen MR) is 98.1 cm³/mol. The Labute approximate surface area is 145 Å². The van der Waals surface area contributed by atoms with Crippen LogP contribution in [0.2, 0.25) is 0 Å². The first-order valence-corrected chi connectivity index (χ1v) is 10.5. The van der Waals surface area contributed by atoms with Crippen molar-refractivity contribution in [2.24, 2.45) is 0 Å². The lowest BCUT2D eigenvalue weighted by Gasteiger charge is -2.34. The Morgan fingerprint density at radius 2 is 1.71 bits per heavy atom. The number of anilines is 1. The maximum atomic E-state index is 13.0. The van der Waals surface area contributed by atoms with Gasteiger partial charge in [0.25, 0.3) is 0 Å². The van der Waals surface area contributed by atoms with Gasteiger partial charge in [-0.1, -0.05) is 18.9 Å². The molecule has 1 aliphatic heterocycles. The average molecular weight is 352 g/mol. The van der Waals surface area contributed by atoms with E-state index in [2.05, 4.69) is 14.9 Å². The SMILES string of the molecule is CNC1CCN(c2ccc(C)cc2S(=O)(=O)NC2CCCC2)CC1. The molecule has 0 bridgehead atoms. The van der Waals surface area contributed by atoms with Crippen molar-refractivity contribution in [1.29, 1.82) is 0 Å². The molecule has 6 heteroatoms. The molecule has 2 aliphatic rings. The second-order valence-corrected chi connectivity index (χ2v) is 8.81. The average Bonchev–Trinajstić information content (AvgIpc) is 3.07. The molecule has 1 saturated heterocycles. The van der Waals surface area contributed by atoms with Crippen LogP contribution in [0.3, 0.4) is 0 Å². The van der Waals surface area contributed by atoms with Crippen LogP contribution in [0.4, 0.5) is 5.69 Å². The highest BCUT2D eigenvalue weighted by molar-refractivity contribution is 7.89. The number of nitrogens with one attached hydrogen (secondary N) is 2. The molecule has 0 spiro atoms. The third-order valence-electron chi connectivity index (χ3n) is 5.33. The van der Waals surface area contributed by atoms with Crippen molar-refractivity contribution >= 4 is 15.7 Å². The number of piperidine rings is 1. The van der Waals surface area contributed by atoms with Crippen LogP contribution in [0, 0.1) is 6.92 Å². The molecule has 0 unspecified atom stereocenters. The Hall–Kier alpha value is -1.11. The monoisotopic (exact) mass is 351 g/mol. The van der Waals surface area contributed by atoms with Gasteiger partial charge in [0, 0.05) is 25.2 Å². The minimum absolute atomic E-state index is 0.0957. The molecule has 3 rings (SSSR count). The molecule has 1 aromatic carbocycles. The molecule has 0 amide bonds. The number of aryl methyl sites for hydroxylation is 1. The van der Waals surface area contributed by atoms with Crippen molar-refractivity contribution in [2.45, 2.75) is 62.4 Å². The van der Waals surface area contributed by atoms with Crippen LogP contribution in [0.1, 0.15) is 44.1 Å². The van der Waals surface area contributed by atoms with Gasteiger partial charge in [-0.25, -0.2) is 13.1 Å². The van der Waals surface area contributed by atoms with Crippen LogP contribution in [0.25, 0.3) is 0 Å². The Bertz CT molecular complexity index is 661. The van der Waals surface area contributed by atoms with Crippen molar-refractivity contribution < 1.29 is 8.42 Å². The topological polar surface area (TPSA) is 61.4 Å². The Kier molecular flexibility index (Phi) is 5.47. The molecular formula is C18H29N3O2S. The first-order valence-electron chi connectivity index (χ1n) is 9.05. The van der Waals surface area contributed by atoms with E-state index in [1.807, 2.05) is 32.2 Å². The summed E-state index contributed by atoms with van der Waals surface area (Å²) in [5.74, 6) is 0. The van der Waals surface area contributed by atoms with Crippen molar-refractivity contribution in [3.8, 4) is 0 Å². The van der Waals surface area contributed by atoms with Crippen LogP contribution in [0.15, 0.2) is 23.1 Å². The zero-order valence-electron chi connectivity index (χ0n) is 14.7. The standard InChI is InChI=1S/C18H29N3O2S/c1-14-7-8-17(21-11-9-15(19-2)10-12-21)18(13-14)24(22,23)20-16-5-3-4-6-16/h7-8,13,15-16,19-20H,3-6,9-12H2,1-2H3.